The summed E-state index contributed by atoms with van der Waals surface area (Å²) in [5, 5.41) is 2.89. The van der Waals surface area contributed by atoms with Crippen LogP contribution in [0.3, 0.4) is 0 Å². The number of benzene rings is 3. The van der Waals surface area contributed by atoms with E-state index in [1.165, 1.54) is 22.3 Å². The van der Waals surface area contributed by atoms with Crippen molar-refractivity contribution in [2.24, 2.45) is 0 Å². The van der Waals surface area contributed by atoms with Crippen molar-refractivity contribution in [2.45, 2.75) is 20.8 Å². The molecule has 3 aromatic rings. The molecule has 0 bridgehead atoms. The fourth-order valence-corrected chi connectivity index (χ4v) is 3.27. The number of aldehydes is 1. The van der Waals surface area contributed by atoms with Gasteiger partial charge in [0.05, 0.1) is 0 Å². The molecule has 0 fully saturated rings. The zero-order chi connectivity index (χ0) is 18.7. The molecule has 0 heterocycles. The molecule has 1 amide bonds. The fraction of sp³-hybridized carbons (Fsp3) is 0.130. The third-order valence-corrected chi connectivity index (χ3v) is 4.42. The van der Waals surface area contributed by atoms with Crippen molar-refractivity contribution in [3.63, 3.8) is 0 Å². The Labute approximate surface area is 153 Å². The van der Waals surface area contributed by atoms with Gasteiger partial charge in [0.1, 0.15) is 6.29 Å². The summed E-state index contributed by atoms with van der Waals surface area (Å²) in [7, 11) is 0. The lowest BCUT2D eigenvalue weighted by Gasteiger charge is -2.12. The fourth-order valence-electron chi connectivity index (χ4n) is 3.27. The highest BCUT2D eigenvalue weighted by atomic mass is 16.1. The number of amides is 1. The highest BCUT2D eigenvalue weighted by Crippen LogP contribution is 2.29. The normalized spacial score (nSPS) is 10.4. The Morgan fingerprint density at radius 1 is 0.846 bits per heavy atom. The molecule has 0 atom stereocenters. The van der Waals surface area contributed by atoms with Crippen molar-refractivity contribution in [3.8, 4) is 11.1 Å². The van der Waals surface area contributed by atoms with E-state index in [0.29, 0.717) is 11.1 Å². The van der Waals surface area contributed by atoms with Crippen LogP contribution in [0.2, 0.25) is 0 Å². The summed E-state index contributed by atoms with van der Waals surface area (Å²) in [6.07, 6.45) is 0.759. The van der Waals surface area contributed by atoms with Crippen molar-refractivity contribution in [1.82, 2.24) is 0 Å². The highest BCUT2D eigenvalue weighted by molar-refractivity contribution is 6.04. The molecule has 0 spiro atoms. The van der Waals surface area contributed by atoms with Gasteiger partial charge >= 0.3 is 0 Å². The van der Waals surface area contributed by atoms with E-state index in [1.807, 2.05) is 24.3 Å². The van der Waals surface area contributed by atoms with Crippen molar-refractivity contribution < 1.29 is 9.59 Å². The van der Waals surface area contributed by atoms with Gasteiger partial charge in [-0.1, -0.05) is 42.0 Å². The molecule has 0 unspecified atom stereocenters. The summed E-state index contributed by atoms with van der Waals surface area (Å²) in [5.74, 6) is -0.196. The lowest BCUT2D eigenvalue weighted by atomic mass is 9.94. The van der Waals surface area contributed by atoms with E-state index in [-0.39, 0.29) is 5.91 Å². The lowest BCUT2D eigenvalue weighted by molar-refractivity contribution is 0.102. The highest BCUT2D eigenvalue weighted by Gasteiger charge is 2.09. The summed E-state index contributed by atoms with van der Waals surface area (Å²) in [6, 6.07) is 18.8. The topological polar surface area (TPSA) is 46.2 Å². The number of hydrogen-bond donors (Lipinski definition) is 1. The van der Waals surface area contributed by atoms with Gasteiger partial charge in [-0.05, 0) is 67.3 Å². The van der Waals surface area contributed by atoms with E-state index in [0.717, 1.165) is 17.5 Å². The molecule has 3 heteroatoms. The molecule has 130 valence electrons. The zero-order valence-corrected chi connectivity index (χ0v) is 15.2. The van der Waals surface area contributed by atoms with Crippen LogP contribution in [-0.2, 0) is 0 Å². The van der Waals surface area contributed by atoms with Crippen molar-refractivity contribution >= 4 is 17.9 Å². The first-order chi connectivity index (χ1) is 12.5. The second kappa shape index (κ2) is 7.36. The van der Waals surface area contributed by atoms with Crippen molar-refractivity contribution in [3.05, 3.63) is 88.5 Å². The van der Waals surface area contributed by atoms with Gasteiger partial charge in [-0.25, -0.2) is 0 Å². The van der Waals surface area contributed by atoms with Crippen LogP contribution in [0.25, 0.3) is 11.1 Å². The Hall–Kier alpha value is -3.20. The summed E-state index contributed by atoms with van der Waals surface area (Å²) < 4.78 is 0. The quantitative estimate of drug-likeness (QED) is 0.650. The van der Waals surface area contributed by atoms with Crippen molar-refractivity contribution in [1.29, 1.82) is 0 Å². The second-order valence-corrected chi connectivity index (χ2v) is 6.55. The molecule has 3 aromatic carbocycles. The van der Waals surface area contributed by atoms with Crippen LogP contribution >= 0.6 is 0 Å². The molecule has 0 saturated carbocycles. The predicted octanol–water partition coefficient (Wildman–Crippen LogP) is 5.34. The van der Waals surface area contributed by atoms with Gasteiger partial charge in [0.2, 0.25) is 0 Å². The second-order valence-electron chi connectivity index (χ2n) is 6.55. The maximum atomic E-state index is 12.3. The molecule has 0 aliphatic heterocycles. The SMILES string of the molecule is Cc1cc(C)c(-c2ccc(NC(=O)c3ccc(C=O)cc3)cc2)c(C)c1. The van der Waals surface area contributed by atoms with Crippen LogP contribution < -0.4 is 5.32 Å². The standard InChI is InChI=1S/C23H21NO2/c1-15-12-16(2)22(17(3)13-15)19-8-10-21(11-9-19)24-23(26)20-6-4-18(14-25)5-7-20/h4-14H,1-3H3,(H,24,26). The van der Waals surface area contributed by atoms with Crippen LogP contribution in [-0.4, -0.2) is 12.2 Å². The molecule has 0 radical (unpaired) electrons. The monoisotopic (exact) mass is 343 g/mol. The molecular weight excluding hydrogens is 322 g/mol. The van der Waals surface area contributed by atoms with Crippen LogP contribution in [0.15, 0.2) is 60.7 Å². The van der Waals surface area contributed by atoms with E-state index in [1.54, 1.807) is 24.3 Å². The molecule has 0 aliphatic carbocycles. The number of aryl methyl sites for hydroxylation is 3. The first-order valence-corrected chi connectivity index (χ1v) is 8.53. The third kappa shape index (κ3) is 3.72. The van der Waals surface area contributed by atoms with Crippen molar-refractivity contribution in [2.75, 3.05) is 5.32 Å². The van der Waals surface area contributed by atoms with Crippen LogP contribution in [0.5, 0.6) is 0 Å². The molecule has 0 aliphatic rings. The number of rotatable bonds is 4. The Balaban J connectivity index is 1.79. The summed E-state index contributed by atoms with van der Waals surface area (Å²) in [6.45, 7) is 6.34. The van der Waals surface area contributed by atoms with Gasteiger partial charge in [0.25, 0.3) is 5.91 Å². The van der Waals surface area contributed by atoms with Gasteiger partial charge in [-0.15, -0.1) is 0 Å². The van der Waals surface area contributed by atoms with E-state index in [2.05, 4.69) is 38.2 Å². The summed E-state index contributed by atoms with van der Waals surface area (Å²) >= 11 is 0. The minimum atomic E-state index is -0.196. The molecule has 0 aromatic heterocycles. The van der Waals surface area contributed by atoms with E-state index in [4.69, 9.17) is 0 Å². The maximum Gasteiger partial charge on any atom is 0.255 e. The minimum absolute atomic E-state index is 0.196. The van der Waals surface area contributed by atoms with Gasteiger partial charge < -0.3 is 5.32 Å². The van der Waals surface area contributed by atoms with Gasteiger partial charge in [-0.2, -0.15) is 0 Å². The number of nitrogens with one attached hydrogen (secondary N) is 1. The van der Waals surface area contributed by atoms with Gasteiger partial charge in [0, 0.05) is 16.8 Å². The van der Waals surface area contributed by atoms with Gasteiger partial charge in [-0.3, -0.25) is 9.59 Å². The number of hydrogen-bond acceptors (Lipinski definition) is 2. The Morgan fingerprint density at radius 2 is 1.42 bits per heavy atom. The number of carbonyl (C=O) groups is 2. The molecule has 1 N–H and O–H groups in total. The third-order valence-electron chi connectivity index (χ3n) is 4.42. The van der Waals surface area contributed by atoms with Gasteiger partial charge in [0.15, 0.2) is 0 Å². The van der Waals surface area contributed by atoms with Crippen LogP contribution in [0.1, 0.15) is 37.4 Å². The number of carbonyl (C=O) groups excluding carboxylic acids is 2. The molecular formula is C23H21NO2. The Kier molecular flexibility index (Phi) is 4.99. The predicted molar refractivity (Wildman–Crippen MR) is 106 cm³/mol. The molecule has 3 nitrogen and oxygen atoms in total. The Morgan fingerprint density at radius 3 is 1.96 bits per heavy atom. The average molecular weight is 343 g/mol. The lowest BCUT2D eigenvalue weighted by Crippen LogP contribution is -2.11. The summed E-state index contributed by atoms with van der Waals surface area (Å²) in [5.41, 5.74) is 7.92. The average Bonchev–Trinajstić information content (AvgIpc) is 2.62. The zero-order valence-electron chi connectivity index (χ0n) is 15.2. The van der Waals surface area contributed by atoms with E-state index in [9.17, 15) is 9.59 Å². The first kappa shape index (κ1) is 17.6. The van der Waals surface area contributed by atoms with E-state index >= 15 is 0 Å². The van der Waals surface area contributed by atoms with Crippen LogP contribution in [0.4, 0.5) is 5.69 Å². The molecule has 26 heavy (non-hydrogen) atoms. The summed E-state index contributed by atoms with van der Waals surface area (Å²) in [4.78, 5) is 23.0. The first-order valence-electron chi connectivity index (χ1n) is 8.53. The largest absolute Gasteiger partial charge is 0.322 e. The maximum absolute atomic E-state index is 12.3. The van der Waals surface area contributed by atoms with E-state index < -0.39 is 0 Å². The molecule has 0 saturated heterocycles. The Bertz CT molecular complexity index is 931. The number of anilines is 1. The molecule has 3 rings (SSSR count). The minimum Gasteiger partial charge on any atom is -0.322 e. The smallest absolute Gasteiger partial charge is 0.255 e. The van der Waals surface area contributed by atoms with Crippen LogP contribution in [0, 0.1) is 20.8 Å².